The van der Waals surface area contributed by atoms with Gasteiger partial charge < -0.3 is 4.74 Å². The number of methoxy groups -OCH3 is 1. The van der Waals surface area contributed by atoms with Gasteiger partial charge in [0.05, 0.1) is 7.11 Å². The Morgan fingerprint density at radius 2 is 0.957 bits per heavy atom. The van der Waals surface area contributed by atoms with Gasteiger partial charge in [-0.25, -0.2) is 0 Å². The molecule has 0 aromatic heterocycles. The second-order valence-corrected chi connectivity index (χ2v) is 8.34. The lowest BCUT2D eigenvalue weighted by atomic mass is 10.3. The Hall–Kier alpha value is -1.11. The molecule has 4 heteroatoms. The van der Waals surface area contributed by atoms with Gasteiger partial charge in [-0.1, -0.05) is 23.5 Å². The van der Waals surface area contributed by atoms with E-state index in [1.165, 1.54) is 23.2 Å². The van der Waals surface area contributed by atoms with Crippen LogP contribution in [-0.4, -0.2) is 7.11 Å². The van der Waals surface area contributed by atoms with Crippen molar-refractivity contribution in [3.8, 4) is 5.75 Å². The van der Waals surface area contributed by atoms with Gasteiger partial charge in [-0.2, -0.15) is 0 Å². The molecule has 0 aliphatic heterocycles. The average Bonchev–Trinajstić information content (AvgIpc) is 2.59. The van der Waals surface area contributed by atoms with Crippen LogP contribution in [0.2, 0.25) is 0 Å². The standard InChI is InChI=1S/C19H15IOS2/c1-21-15-4-8-17(9-5-15)23-19-12-10-18(11-13-19)22-16-6-2-14(20)3-7-16/h2-13H,1H3. The third kappa shape index (κ3) is 4.93. The van der Waals surface area contributed by atoms with Gasteiger partial charge in [0.2, 0.25) is 0 Å². The molecule has 0 heterocycles. The minimum absolute atomic E-state index is 0.888. The molecule has 0 atom stereocenters. The van der Waals surface area contributed by atoms with Crippen molar-refractivity contribution in [3.63, 3.8) is 0 Å². The van der Waals surface area contributed by atoms with Gasteiger partial charge in [-0.3, -0.25) is 0 Å². The van der Waals surface area contributed by atoms with Crippen molar-refractivity contribution in [2.75, 3.05) is 7.11 Å². The van der Waals surface area contributed by atoms with Crippen LogP contribution in [0.3, 0.4) is 0 Å². The third-order valence-corrected chi connectivity index (χ3v) is 5.92. The van der Waals surface area contributed by atoms with Crippen molar-refractivity contribution in [2.45, 2.75) is 19.6 Å². The summed E-state index contributed by atoms with van der Waals surface area (Å²) in [6, 6.07) is 25.4. The normalized spacial score (nSPS) is 10.5. The zero-order valence-electron chi connectivity index (χ0n) is 12.5. The molecule has 0 saturated carbocycles. The first kappa shape index (κ1) is 16.7. The Bertz CT molecular complexity index is 753. The number of hydrogen-bond acceptors (Lipinski definition) is 3. The van der Waals surface area contributed by atoms with Crippen LogP contribution in [0.1, 0.15) is 0 Å². The molecule has 3 rings (SSSR count). The van der Waals surface area contributed by atoms with Crippen LogP contribution in [0.25, 0.3) is 0 Å². The fourth-order valence-corrected chi connectivity index (χ4v) is 3.99. The Balaban J connectivity index is 1.65. The van der Waals surface area contributed by atoms with Gasteiger partial charge >= 0.3 is 0 Å². The van der Waals surface area contributed by atoms with Gasteiger partial charge in [-0.15, -0.1) is 0 Å². The first-order chi connectivity index (χ1) is 11.2. The van der Waals surface area contributed by atoms with E-state index in [1.807, 2.05) is 12.1 Å². The molecule has 3 aromatic rings. The SMILES string of the molecule is COc1ccc(Sc2ccc(Sc3ccc(I)cc3)cc2)cc1. The molecule has 0 saturated heterocycles. The molecule has 0 spiro atoms. The van der Waals surface area contributed by atoms with Crippen LogP contribution < -0.4 is 4.74 Å². The summed E-state index contributed by atoms with van der Waals surface area (Å²) in [5.41, 5.74) is 0. The Morgan fingerprint density at radius 3 is 1.35 bits per heavy atom. The minimum atomic E-state index is 0.888. The monoisotopic (exact) mass is 450 g/mol. The summed E-state index contributed by atoms with van der Waals surface area (Å²) in [6.07, 6.45) is 0. The molecule has 1 nitrogen and oxygen atoms in total. The highest BCUT2D eigenvalue weighted by molar-refractivity contribution is 14.1. The molecule has 0 unspecified atom stereocenters. The van der Waals surface area contributed by atoms with Crippen molar-refractivity contribution in [2.24, 2.45) is 0 Å². The number of benzene rings is 3. The molecule has 0 aliphatic rings. The van der Waals surface area contributed by atoms with Gasteiger partial charge in [0.15, 0.2) is 0 Å². The van der Waals surface area contributed by atoms with Crippen LogP contribution in [0.4, 0.5) is 0 Å². The number of ether oxygens (including phenoxy) is 1. The van der Waals surface area contributed by atoms with Crippen LogP contribution in [0.5, 0.6) is 5.75 Å². The van der Waals surface area contributed by atoms with E-state index in [0.29, 0.717) is 0 Å². The second kappa shape index (κ2) is 8.13. The zero-order valence-corrected chi connectivity index (χ0v) is 16.3. The van der Waals surface area contributed by atoms with Crippen LogP contribution in [-0.2, 0) is 0 Å². The molecule has 3 aromatic carbocycles. The third-order valence-electron chi connectivity index (χ3n) is 3.17. The summed E-state index contributed by atoms with van der Waals surface area (Å²) >= 11 is 5.87. The lowest BCUT2D eigenvalue weighted by Crippen LogP contribution is -1.81. The van der Waals surface area contributed by atoms with Crippen molar-refractivity contribution in [1.29, 1.82) is 0 Å². The maximum absolute atomic E-state index is 5.19. The second-order valence-electron chi connectivity index (χ2n) is 4.80. The van der Waals surface area contributed by atoms with Gasteiger partial charge in [-0.05, 0) is 95.4 Å². The highest BCUT2D eigenvalue weighted by Gasteiger charge is 2.01. The highest BCUT2D eigenvalue weighted by Crippen LogP contribution is 2.33. The minimum Gasteiger partial charge on any atom is -0.497 e. The largest absolute Gasteiger partial charge is 0.497 e. The number of hydrogen-bond donors (Lipinski definition) is 0. The zero-order chi connectivity index (χ0) is 16.1. The molecule has 0 aliphatic carbocycles. The van der Waals surface area contributed by atoms with Crippen molar-refractivity contribution < 1.29 is 4.74 Å². The smallest absolute Gasteiger partial charge is 0.118 e. The van der Waals surface area contributed by atoms with Crippen LogP contribution in [0, 0.1) is 3.57 Å². The van der Waals surface area contributed by atoms with E-state index < -0.39 is 0 Å². The van der Waals surface area contributed by atoms with E-state index in [9.17, 15) is 0 Å². The number of halogens is 1. The van der Waals surface area contributed by atoms with E-state index in [0.717, 1.165) is 5.75 Å². The van der Waals surface area contributed by atoms with Gasteiger partial charge in [0.25, 0.3) is 0 Å². The fourth-order valence-electron chi connectivity index (χ4n) is 1.99. The van der Waals surface area contributed by atoms with E-state index in [1.54, 1.807) is 30.6 Å². The quantitative estimate of drug-likeness (QED) is 0.406. The maximum Gasteiger partial charge on any atom is 0.118 e. The van der Waals surface area contributed by atoms with E-state index in [-0.39, 0.29) is 0 Å². The van der Waals surface area contributed by atoms with Crippen molar-refractivity contribution in [3.05, 3.63) is 76.4 Å². The van der Waals surface area contributed by atoms with Gasteiger partial charge in [0, 0.05) is 23.2 Å². The summed E-state index contributed by atoms with van der Waals surface area (Å²) < 4.78 is 6.45. The molecular formula is C19H15IOS2. The van der Waals surface area contributed by atoms with Gasteiger partial charge in [0.1, 0.15) is 5.75 Å². The topological polar surface area (TPSA) is 9.23 Å². The molecule has 0 radical (unpaired) electrons. The van der Waals surface area contributed by atoms with Crippen molar-refractivity contribution in [1.82, 2.24) is 0 Å². The molecule has 23 heavy (non-hydrogen) atoms. The summed E-state index contributed by atoms with van der Waals surface area (Å²) in [5.74, 6) is 0.888. The van der Waals surface area contributed by atoms with E-state index in [2.05, 4.69) is 83.3 Å². The predicted octanol–water partition coefficient (Wildman–Crippen LogP) is 6.60. The molecule has 116 valence electrons. The lowest BCUT2D eigenvalue weighted by Gasteiger charge is -2.05. The van der Waals surface area contributed by atoms with Crippen LogP contribution in [0.15, 0.2) is 92.4 Å². The highest BCUT2D eigenvalue weighted by atomic mass is 127. The molecule has 0 N–H and O–H groups in total. The van der Waals surface area contributed by atoms with E-state index >= 15 is 0 Å². The number of rotatable bonds is 5. The fraction of sp³-hybridized carbons (Fsp3) is 0.0526. The Kier molecular flexibility index (Phi) is 5.91. The van der Waals surface area contributed by atoms with E-state index in [4.69, 9.17) is 4.74 Å². The summed E-state index contributed by atoms with van der Waals surface area (Å²) in [6.45, 7) is 0. The van der Waals surface area contributed by atoms with Crippen LogP contribution >= 0.6 is 46.1 Å². The van der Waals surface area contributed by atoms with Crippen molar-refractivity contribution >= 4 is 46.1 Å². The molecule has 0 fully saturated rings. The summed E-state index contributed by atoms with van der Waals surface area (Å²) in [4.78, 5) is 4.97. The molecule has 0 amide bonds. The first-order valence-corrected chi connectivity index (χ1v) is 9.79. The maximum atomic E-state index is 5.19. The predicted molar refractivity (Wildman–Crippen MR) is 107 cm³/mol. The first-order valence-electron chi connectivity index (χ1n) is 7.08. The Labute approximate surface area is 159 Å². The lowest BCUT2D eigenvalue weighted by molar-refractivity contribution is 0.414. The summed E-state index contributed by atoms with van der Waals surface area (Å²) in [7, 11) is 1.69. The molecular weight excluding hydrogens is 435 g/mol. The average molecular weight is 450 g/mol. The Morgan fingerprint density at radius 1 is 0.609 bits per heavy atom. The molecule has 0 bridgehead atoms. The summed E-state index contributed by atoms with van der Waals surface area (Å²) in [5, 5.41) is 0.